The lowest BCUT2D eigenvalue weighted by atomic mass is 10.2. The van der Waals surface area contributed by atoms with E-state index in [0.29, 0.717) is 17.5 Å². The van der Waals surface area contributed by atoms with Gasteiger partial charge >= 0.3 is 6.03 Å². The molecule has 2 N–H and O–H groups in total. The van der Waals surface area contributed by atoms with Crippen molar-refractivity contribution < 1.29 is 14.3 Å². The smallest absolute Gasteiger partial charge is 0.321 e. The highest BCUT2D eigenvalue weighted by Gasteiger charge is 2.31. The number of carbonyl (C=O) groups excluding carboxylic acids is 2. The van der Waals surface area contributed by atoms with Crippen LogP contribution in [-0.2, 0) is 4.79 Å². The van der Waals surface area contributed by atoms with Gasteiger partial charge in [-0.1, -0.05) is 6.07 Å². The normalized spacial score (nSPS) is 20.5. The third-order valence-electron chi connectivity index (χ3n) is 4.84. The average Bonchev–Trinajstić information content (AvgIpc) is 3.31. The van der Waals surface area contributed by atoms with Crippen molar-refractivity contribution in [1.29, 1.82) is 0 Å². The number of nitrogens with zero attached hydrogens (tertiary/aromatic N) is 2. The molecule has 0 saturated carbocycles. The van der Waals surface area contributed by atoms with Gasteiger partial charge in [0.15, 0.2) is 6.61 Å². The van der Waals surface area contributed by atoms with Crippen molar-refractivity contribution in [3.8, 4) is 5.75 Å². The van der Waals surface area contributed by atoms with Gasteiger partial charge in [-0.3, -0.25) is 9.69 Å². The first-order chi connectivity index (χ1) is 12.2. The van der Waals surface area contributed by atoms with Crippen LogP contribution in [0.3, 0.4) is 0 Å². The predicted molar refractivity (Wildman–Crippen MR) is 95.8 cm³/mol. The van der Waals surface area contributed by atoms with E-state index in [4.69, 9.17) is 4.74 Å². The zero-order valence-electron chi connectivity index (χ0n) is 14.7. The van der Waals surface area contributed by atoms with Gasteiger partial charge in [-0.15, -0.1) is 0 Å². The summed E-state index contributed by atoms with van der Waals surface area (Å²) in [5.74, 6) is 0.359. The number of carbonyl (C=O) groups is 2. The summed E-state index contributed by atoms with van der Waals surface area (Å²) in [6.45, 7) is 3.85. The fraction of sp³-hybridized carbons (Fsp3) is 0.556. The fourth-order valence-corrected chi connectivity index (χ4v) is 3.42. The third kappa shape index (κ3) is 4.63. The molecular weight excluding hydrogens is 320 g/mol. The van der Waals surface area contributed by atoms with Gasteiger partial charge in [0.05, 0.1) is 0 Å². The van der Waals surface area contributed by atoms with Crippen molar-refractivity contribution in [1.82, 2.24) is 15.1 Å². The minimum absolute atomic E-state index is 0.0441. The molecule has 3 rings (SSSR count). The number of nitrogens with one attached hydrogen (secondary N) is 2. The van der Waals surface area contributed by atoms with E-state index in [2.05, 4.69) is 15.5 Å². The van der Waals surface area contributed by atoms with Crippen LogP contribution >= 0.6 is 0 Å². The maximum absolute atomic E-state index is 12.5. The Balaban J connectivity index is 1.51. The number of ether oxygens (including phenoxy) is 1. The van der Waals surface area contributed by atoms with Gasteiger partial charge in [0.25, 0.3) is 5.91 Å². The molecular formula is C18H26N4O3. The molecule has 0 bridgehead atoms. The second-order valence-corrected chi connectivity index (χ2v) is 6.55. The van der Waals surface area contributed by atoms with Gasteiger partial charge in [-0.05, 0) is 44.5 Å². The summed E-state index contributed by atoms with van der Waals surface area (Å²) in [5, 5.41) is 5.43. The summed E-state index contributed by atoms with van der Waals surface area (Å²) in [7, 11) is 1.56. The Bertz CT molecular complexity index is 616. The minimum atomic E-state index is -0.195. The van der Waals surface area contributed by atoms with Gasteiger partial charge in [-0.25, -0.2) is 4.79 Å². The number of hydrogen-bond acceptors (Lipinski definition) is 4. The molecule has 0 aromatic heterocycles. The second-order valence-electron chi connectivity index (χ2n) is 6.55. The molecule has 2 fully saturated rings. The van der Waals surface area contributed by atoms with Gasteiger partial charge in [0.1, 0.15) is 5.75 Å². The first kappa shape index (κ1) is 17.5. The molecule has 0 spiro atoms. The van der Waals surface area contributed by atoms with Crippen LogP contribution in [0.25, 0.3) is 0 Å². The summed E-state index contributed by atoms with van der Waals surface area (Å²) in [6.07, 6.45) is 3.58. The molecule has 2 saturated heterocycles. The molecule has 2 aliphatic rings. The Hall–Kier alpha value is -2.28. The monoisotopic (exact) mass is 346 g/mol. The largest absolute Gasteiger partial charge is 0.484 e. The van der Waals surface area contributed by atoms with Crippen LogP contribution in [0.15, 0.2) is 24.3 Å². The molecule has 25 heavy (non-hydrogen) atoms. The third-order valence-corrected chi connectivity index (χ3v) is 4.84. The first-order valence-corrected chi connectivity index (χ1v) is 8.89. The van der Waals surface area contributed by atoms with Gasteiger partial charge < -0.3 is 20.3 Å². The highest BCUT2D eigenvalue weighted by atomic mass is 16.5. The van der Waals surface area contributed by atoms with E-state index in [1.54, 1.807) is 25.2 Å². The highest BCUT2D eigenvalue weighted by molar-refractivity contribution is 5.89. The number of likely N-dealkylation sites (N-methyl/N-ethyl adjacent to an activating group) is 1. The molecule has 0 unspecified atom stereocenters. The minimum Gasteiger partial charge on any atom is -0.484 e. The van der Waals surface area contributed by atoms with Crippen LogP contribution in [0.4, 0.5) is 10.5 Å². The molecule has 3 amide bonds. The van der Waals surface area contributed by atoms with Crippen molar-refractivity contribution in [2.45, 2.75) is 25.3 Å². The van der Waals surface area contributed by atoms with E-state index in [1.165, 1.54) is 12.8 Å². The van der Waals surface area contributed by atoms with E-state index in [1.807, 2.05) is 11.0 Å². The second kappa shape index (κ2) is 8.20. The molecule has 1 atom stereocenters. The van der Waals surface area contributed by atoms with Gasteiger partial charge in [0.2, 0.25) is 0 Å². The lowest BCUT2D eigenvalue weighted by molar-refractivity contribution is -0.122. The van der Waals surface area contributed by atoms with Crippen LogP contribution in [0.5, 0.6) is 5.75 Å². The van der Waals surface area contributed by atoms with Gasteiger partial charge in [-0.2, -0.15) is 0 Å². The zero-order chi connectivity index (χ0) is 17.6. The molecule has 2 heterocycles. The number of anilines is 1. The van der Waals surface area contributed by atoms with Crippen molar-refractivity contribution in [2.75, 3.05) is 45.2 Å². The number of benzene rings is 1. The van der Waals surface area contributed by atoms with Crippen LogP contribution in [-0.4, -0.2) is 67.6 Å². The van der Waals surface area contributed by atoms with E-state index < -0.39 is 0 Å². The average molecular weight is 346 g/mol. The molecule has 7 heteroatoms. The van der Waals surface area contributed by atoms with E-state index >= 15 is 0 Å². The number of rotatable bonds is 5. The van der Waals surface area contributed by atoms with Crippen LogP contribution in [0.2, 0.25) is 0 Å². The molecule has 0 radical (unpaired) electrons. The van der Waals surface area contributed by atoms with Crippen molar-refractivity contribution >= 4 is 17.6 Å². The summed E-state index contributed by atoms with van der Waals surface area (Å²) >= 11 is 0. The number of amides is 3. The number of likely N-dealkylation sites (tertiary alicyclic amines) is 2. The summed E-state index contributed by atoms with van der Waals surface area (Å²) in [4.78, 5) is 28.1. The Labute approximate surface area is 148 Å². The molecule has 1 aromatic rings. The summed E-state index contributed by atoms with van der Waals surface area (Å²) in [6, 6.07) is 7.53. The lowest BCUT2D eigenvalue weighted by Crippen LogP contribution is -2.38. The van der Waals surface area contributed by atoms with E-state index in [-0.39, 0.29) is 18.5 Å². The zero-order valence-corrected chi connectivity index (χ0v) is 14.7. The Morgan fingerprint density at radius 1 is 1.24 bits per heavy atom. The lowest BCUT2D eigenvalue weighted by Gasteiger charge is -2.23. The van der Waals surface area contributed by atoms with E-state index in [9.17, 15) is 9.59 Å². The first-order valence-electron chi connectivity index (χ1n) is 8.89. The van der Waals surface area contributed by atoms with Crippen LogP contribution in [0, 0.1) is 0 Å². The van der Waals surface area contributed by atoms with Crippen molar-refractivity contribution in [3.05, 3.63) is 24.3 Å². The maximum Gasteiger partial charge on any atom is 0.321 e. The van der Waals surface area contributed by atoms with Crippen LogP contribution < -0.4 is 15.4 Å². The number of hydrogen-bond donors (Lipinski definition) is 2. The molecule has 136 valence electrons. The predicted octanol–water partition coefficient (Wildman–Crippen LogP) is 1.51. The molecule has 7 nitrogen and oxygen atoms in total. The standard InChI is InChI=1S/C18H26N4O3/c1-19-17(23)13-25-16-6-4-5-14(11-16)20-18(24)22-10-7-15(12-22)21-8-2-3-9-21/h4-6,11,15H,2-3,7-10,12-13H2,1H3,(H,19,23)(H,20,24)/t15-/m0/s1. The highest BCUT2D eigenvalue weighted by Crippen LogP contribution is 2.22. The number of urea groups is 1. The summed E-state index contributed by atoms with van der Waals surface area (Å²) < 4.78 is 5.41. The van der Waals surface area contributed by atoms with Crippen LogP contribution in [0.1, 0.15) is 19.3 Å². The Kier molecular flexibility index (Phi) is 5.75. The Morgan fingerprint density at radius 3 is 2.80 bits per heavy atom. The SMILES string of the molecule is CNC(=O)COc1cccc(NC(=O)N2CC[C@H](N3CCCC3)C2)c1. The van der Waals surface area contributed by atoms with Crippen molar-refractivity contribution in [3.63, 3.8) is 0 Å². The summed E-state index contributed by atoms with van der Waals surface area (Å²) in [5.41, 5.74) is 0.670. The maximum atomic E-state index is 12.5. The van der Waals surface area contributed by atoms with Gasteiger partial charge in [0, 0.05) is 37.9 Å². The molecule has 1 aromatic carbocycles. The quantitative estimate of drug-likeness (QED) is 0.848. The fourth-order valence-electron chi connectivity index (χ4n) is 3.42. The van der Waals surface area contributed by atoms with E-state index in [0.717, 1.165) is 32.6 Å². The van der Waals surface area contributed by atoms with Crippen molar-refractivity contribution in [2.24, 2.45) is 0 Å². The Morgan fingerprint density at radius 2 is 2.04 bits per heavy atom. The molecule has 0 aliphatic carbocycles. The molecule has 2 aliphatic heterocycles. The topological polar surface area (TPSA) is 73.9 Å².